The zero-order valence-electron chi connectivity index (χ0n) is 9.72. The van der Waals surface area contributed by atoms with Gasteiger partial charge < -0.3 is 20.5 Å². The van der Waals surface area contributed by atoms with E-state index in [9.17, 15) is 4.79 Å². The fraction of sp³-hybridized carbons (Fsp3) is 0.417. The van der Waals surface area contributed by atoms with Crippen molar-refractivity contribution in [2.24, 2.45) is 0 Å². The van der Waals surface area contributed by atoms with Gasteiger partial charge in [0.05, 0.1) is 13.2 Å². The van der Waals surface area contributed by atoms with Crippen LogP contribution in [-0.4, -0.2) is 35.8 Å². The molecule has 5 heteroatoms. The van der Waals surface area contributed by atoms with Gasteiger partial charge in [-0.3, -0.25) is 0 Å². The highest BCUT2D eigenvalue weighted by Crippen LogP contribution is 2.24. The van der Waals surface area contributed by atoms with Crippen LogP contribution in [0.15, 0.2) is 18.2 Å². The molecule has 17 heavy (non-hydrogen) atoms. The first-order valence-corrected chi connectivity index (χ1v) is 5.53. The van der Waals surface area contributed by atoms with Crippen LogP contribution in [0.1, 0.15) is 17.2 Å². The Labute approximate surface area is 99.8 Å². The number of nitrogens with zero attached hydrogens (tertiary/aromatic N) is 1. The summed E-state index contributed by atoms with van der Waals surface area (Å²) in [6.45, 7) is 3.16. The number of nitrogen functional groups attached to an aromatic ring is 1. The molecule has 1 heterocycles. The summed E-state index contributed by atoms with van der Waals surface area (Å²) >= 11 is 0. The summed E-state index contributed by atoms with van der Waals surface area (Å²) in [6.07, 6.45) is -1.09. The maximum atomic E-state index is 10.9. The van der Waals surface area contributed by atoms with Gasteiger partial charge in [0.1, 0.15) is 6.10 Å². The highest BCUT2D eigenvalue weighted by molar-refractivity contribution is 5.65. The zero-order chi connectivity index (χ0) is 12.4. The normalized spacial score (nSPS) is 20.3. The summed E-state index contributed by atoms with van der Waals surface area (Å²) in [7, 11) is 0. The van der Waals surface area contributed by atoms with Gasteiger partial charge in [-0.2, -0.15) is 0 Å². The molecule has 0 aromatic heterocycles. The number of benzene rings is 1. The summed E-state index contributed by atoms with van der Waals surface area (Å²) in [5.41, 5.74) is 8.44. The van der Waals surface area contributed by atoms with Crippen molar-refractivity contribution in [2.75, 3.05) is 25.4 Å². The third-order valence-corrected chi connectivity index (χ3v) is 3.00. The number of ether oxygens (including phenoxy) is 1. The van der Waals surface area contributed by atoms with Gasteiger partial charge in [-0.05, 0) is 24.1 Å². The maximum absolute atomic E-state index is 10.9. The molecule has 1 fully saturated rings. The van der Waals surface area contributed by atoms with Crippen LogP contribution in [0, 0.1) is 6.92 Å². The largest absolute Gasteiger partial charge is 0.465 e. The molecule has 0 unspecified atom stereocenters. The van der Waals surface area contributed by atoms with Gasteiger partial charge in [-0.1, -0.05) is 12.1 Å². The van der Waals surface area contributed by atoms with Crippen molar-refractivity contribution in [1.82, 2.24) is 4.90 Å². The molecule has 5 nitrogen and oxygen atoms in total. The molecule has 1 saturated heterocycles. The van der Waals surface area contributed by atoms with E-state index in [4.69, 9.17) is 15.6 Å². The highest BCUT2D eigenvalue weighted by atomic mass is 16.5. The lowest BCUT2D eigenvalue weighted by atomic mass is 10.0. The van der Waals surface area contributed by atoms with E-state index in [2.05, 4.69) is 0 Å². The van der Waals surface area contributed by atoms with Crippen LogP contribution in [0.25, 0.3) is 0 Å². The molecule has 1 amide bonds. The number of nitrogens with two attached hydrogens (primary N) is 1. The molecule has 0 radical (unpaired) electrons. The Kier molecular flexibility index (Phi) is 3.19. The molecule has 1 aliphatic heterocycles. The number of hydrogen-bond donors (Lipinski definition) is 2. The van der Waals surface area contributed by atoms with E-state index in [1.165, 1.54) is 4.90 Å². The Morgan fingerprint density at radius 1 is 1.59 bits per heavy atom. The monoisotopic (exact) mass is 236 g/mol. The van der Waals surface area contributed by atoms with E-state index >= 15 is 0 Å². The van der Waals surface area contributed by atoms with Gasteiger partial charge in [0.2, 0.25) is 0 Å². The summed E-state index contributed by atoms with van der Waals surface area (Å²) in [6, 6.07) is 5.66. The predicted octanol–water partition coefficient (Wildman–Crippen LogP) is 1.63. The number of amides is 1. The fourth-order valence-corrected chi connectivity index (χ4v) is 1.92. The van der Waals surface area contributed by atoms with E-state index in [0.29, 0.717) is 19.7 Å². The van der Waals surface area contributed by atoms with Crippen LogP contribution >= 0.6 is 0 Å². The summed E-state index contributed by atoms with van der Waals surface area (Å²) in [4.78, 5) is 12.3. The van der Waals surface area contributed by atoms with Gasteiger partial charge >= 0.3 is 6.09 Å². The van der Waals surface area contributed by atoms with Crippen molar-refractivity contribution < 1.29 is 14.6 Å². The van der Waals surface area contributed by atoms with E-state index in [-0.39, 0.29) is 6.10 Å². The Morgan fingerprint density at radius 2 is 2.35 bits per heavy atom. The SMILES string of the molecule is Cc1cc([C@@H]2CN(C(=O)O)CCO2)ccc1N. The second kappa shape index (κ2) is 4.63. The smallest absolute Gasteiger partial charge is 0.407 e. The van der Waals surface area contributed by atoms with Crippen molar-refractivity contribution in [3.63, 3.8) is 0 Å². The molecule has 0 saturated carbocycles. The topological polar surface area (TPSA) is 75.8 Å². The van der Waals surface area contributed by atoms with Gasteiger partial charge in [0.15, 0.2) is 0 Å². The van der Waals surface area contributed by atoms with Gasteiger partial charge in [0, 0.05) is 12.2 Å². The summed E-state index contributed by atoms with van der Waals surface area (Å²) in [5, 5.41) is 8.95. The van der Waals surface area contributed by atoms with Gasteiger partial charge in [0.25, 0.3) is 0 Å². The van der Waals surface area contributed by atoms with Crippen molar-refractivity contribution in [3.05, 3.63) is 29.3 Å². The zero-order valence-corrected chi connectivity index (χ0v) is 9.72. The summed E-state index contributed by atoms with van der Waals surface area (Å²) < 4.78 is 5.59. The Morgan fingerprint density at radius 3 is 3.00 bits per heavy atom. The van der Waals surface area contributed by atoms with Crippen LogP contribution in [0.4, 0.5) is 10.5 Å². The second-order valence-electron chi connectivity index (χ2n) is 4.20. The molecule has 0 aliphatic carbocycles. The number of rotatable bonds is 1. The number of morpholine rings is 1. The van der Waals surface area contributed by atoms with Crippen molar-refractivity contribution in [3.8, 4) is 0 Å². The first-order valence-electron chi connectivity index (χ1n) is 5.53. The van der Waals surface area contributed by atoms with Crippen molar-refractivity contribution in [1.29, 1.82) is 0 Å². The van der Waals surface area contributed by atoms with Crippen LogP contribution in [0.3, 0.4) is 0 Å². The molecule has 92 valence electrons. The maximum Gasteiger partial charge on any atom is 0.407 e. The molecule has 1 atom stereocenters. The third kappa shape index (κ3) is 2.50. The Balaban J connectivity index is 2.16. The molecule has 1 aromatic carbocycles. The molecule has 1 aromatic rings. The second-order valence-corrected chi connectivity index (χ2v) is 4.20. The van der Waals surface area contributed by atoms with E-state index in [1.807, 2.05) is 25.1 Å². The molecule has 0 bridgehead atoms. The minimum atomic E-state index is -0.898. The lowest BCUT2D eigenvalue weighted by molar-refractivity contribution is -0.0232. The minimum absolute atomic E-state index is 0.195. The van der Waals surface area contributed by atoms with E-state index < -0.39 is 6.09 Å². The number of anilines is 1. The average Bonchev–Trinajstić information content (AvgIpc) is 2.33. The lowest BCUT2D eigenvalue weighted by Crippen LogP contribution is -2.41. The van der Waals surface area contributed by atoms with E-state index in [1.54, 1.807) is 0 Å². The summed E-state index contributed by atoms with van der Waals surface area (Å²) in [5.74, 6) is 0. The van der Waals surface area contributed by atoms with Crippen molar-refractivity contribution in [2.45, 2.75) is 13.0 Å². The van der Waals surface area contributed by atoms with Crippen molar-refractivity contribution >= 4 is 11.8 Å². The standard InChI is InChI=1S/C12H16N2O3/c1-8-6-9(2-3-10(8)13)11-7-14(12(15)16)4-5-17-11/h2-3,6,11H,4-5,7,13H2,1H3,(H,15,16)/t11-/m0/s1. The molecule has 0 spiro atoms. The molecule has 1 aliphatic rings. The average molecular weight is 236 g/mol. The fourth-order valence-electron chi connectivity index (χ4n) is 1.92. The quantitative estimate of drug-likeness (QED) is 0.727. The molecular formula is C12H16N2O3. The van der Waals surface area contributed by atoms with Crippen LogP contribution < -0.4 is 5.73 Å². The molecular weight excluding hydrogens is 220 g/mol. The Hall–Kier alpha value is -1.75. The first kappa shape index (κ1) is 11.7. The number of carboxylic acid groups (broad SMARTS) is 1. The Bertz CT molecular complexity index is 434. The van der Waals surface area contributed by atoms with E-state index in [0.717, 1.165) is 16.8 Å². The number of hydrogen-bond acceptors (Lipinski definition) is 3. The minimum Gasteiger partial charge on any atom is -0.465 e. The molecule has 2 rings (SSSR count). The predicted molar refractivity (Wildman–Crippen MR) is 63.9 cm³/mol. The van der Waals surface area contributed by atoms with Crippen LogP contribution in [-0.2, 0) is 4.74 Å². The third-order valence-electron chi connectivity index (χ3n) is 3.00. The van der Waals surface area contributed by atoms with Crippen LogP contribution in [0.2, 0.25) is 0 Å². The van der Waals surface area contributed by atoms with Crippen LogP contribution in [0.5, 0.6) is 0 Å². The highest BCUT2D eigenvalue weighted by Gasteiger charge is 2.25. The number of carbonyl (C=O) groups is 1. The lowest BCUT2D eigenvalue weighted by Gasteiger charge is -2.31. The van der Waals surface area contributed by atoms with Gasteiger partial charge in [-0.15, -0.1) is 0 Å². The first-order chi connectivity index (χ1) is 8.08. The van der Waals surface area contributed by atoms with Gasteiger partial charge in [-0.25, -0.2) is 4.79 Å². The number of aryl methyl sites for hydroxylation is 1. The molecule has 3 N–H and O–H groups in total.